The summed E-state index contributed by atoms with van der Waals surface area (Å²) in [6.07, 6.45) is 0. The van der Waals surface area contributed by atoms with Crippen LogP contribution in [0.2, 0.25) is 0 Å². The quantitative estimate of drug-likeness (QED) is 0.854. The number of carbonyl (C=O) groups is 1. The first-order valence-corrected chi connectivity index (χ1v) is 6.13. The summed E-state index contributed by atoms with van der Waals surface area (Å²) in [5.41, 5.74) is 6.22. The van der Waals surface area contributed by atoms with Gasteiger partial charge in [-0.15, -0.1) is 0 Å². The number of nitrogens with one attached hydrogen (secondary N) is 1. The molecule has 0 aromatic heterocycles. The number of nitrogen functional groups attached to an aromatic ring is 1. The van der Waals surface area contributed by atoms with E-state index in [-0.39, 0.29) is 16.9 Å². The molecule has 0 saturated heterocycles. The summed E-state index contributed by atoms with van der Waals surface area (Å²) in [4.78, 5) is 12.1. The number of halogens is 2. The lowest BCUT2D eigenvalue weighted by molar-refractivity contribution is 0.102. The zero-order valence-electron chi connectivity index (χ0n) is 11.5. The topological polar surface area (TPSA) is 64.3 Å². The van der Waals surface area contributed by atoms with Gasteiger partial charge in [-0.2, -0.15) is 0 Å². The SMILES string of the molecule is COc1cc(C(=O)Nc2c(N)cc(F)cc2F)ccc1C. The van der Waals surface area contributed by atoms with Crippen molar-refractivity contribution >= 4 is 17.3 Å². The van der Waals surface area contributed by atoms with Crippen LogP contribution in [-0.4, -0.2) is 13.0 Å². The van der Waals surface area contributed by atoms with Gasteiger partial charge in [0.1, 0.15) is 17.3 Å². The highest BCUT2D eigenvalue weighted by molar-refractivity contribution is 6.06. The van der Waals surface area contributed by atoms with Crippen LogP contribution in [-0.2, 0) is 0 Å². The van der Waals surface area contributed by atoms with Crippen molar-refractivity contribution < 1.29 is 18.3 Å². The van der Waals surface area contributed by atoms with Gasteiger partial charge in [-0.1, -0.05) is 6.07 Å². The van der Waals surface area contributed by atoms with E-state index in [1.165, 1.54) is 13.2 Å². The third-order valence-electron chi connectivity index (χ3n) is 2.99. The average Bonchev–Trinajstić information content (AvgIpc) is 2.43. The third-order valence-corrected chi connectivity index (χ3v) is 2.99. The Morgan fingerprint density at radius 2 is 1.95 bits per heavy atom. The summed E-state index contributed by atoms with van der Waals surface area (Å²) in [6, 6.07) is 6.40. The van der Waals surface area contributed by atoms with Crippen LogP contribution < -0.4 is 15.8 Å². The molecule has 0 aliphatic rings. The largest absolute Gasteiger partial charge is 0.496 e. The van der Waals surface area contributed by atoms with Crippen LogP contribution >= 0.6 is 0 Å². The number of ether oxygens (including phenoxy) is 1. The van der Waals surface area contributed by atoms with Crippen molar-refractivity contribution in [1.82, 2.24) is 0 Å². The van der Waals surface area contributed by atoms with Crippen molar-refractivity contribution in [1.29, 1.82) is 0 Å². The standard InChI is InChI=1S/C15H14F2N2O2/c1-8-3-4-9(5-13(8)21-2)15(20)19-14-11(17)6-10(16)7-12(14)18/h3-7H,18H2,1-2H3,(H,19,20). The molecule has 2 aromatic carbocycles. The van der Waals surface area contributed by atoms with Gasteiger partial charge in [-0.25, -0.2) is 8.78 Å². The van der Waals surface area contributed by atoms with Crippen molar-refractivity contribution in [2.24, 2.45) is 0 Å². The van der Waals surface area contributed by atoms with Crippen LogP contribution in [0.4, 0.5) is 20.2 Å². The summed E-state index contributed by atoms with van der Waals surface area (Å²) in [5.74, 6) is -1.76. The van der Waals surface area contributed by atoms with Gasteiger partial charge in [0.05, 0.1) is 12.8 Å². The normalized spacial score (nSPS) is 10.3. The fourth-order valence-corrected chi connectivity index (χ4v) is 1.87. The minimum absolute atomic E-state index is 0.181. The van der Waals surface area contributed by atoms with Gasteiger partial charge in [0, 0.05) is 11.6 Å². The Labute approximate surface area is 120 Å². The van der Waals surface area contributed by atoms with Gasteiger partial charge < -0.3 is 15.8 Å². The molecule has 6 heteroatoms. The predicted octanol–water partition coefficient (Wildman–Crippen LogP) is 3.12. The number of hydrogen-bond acceptors (Lipinski definition) is 3. The number of nitrogens with two attached hydrogens (primary N) is 1. The van der Waals surface area contributed by atoms with Crippen LogP contribution in [0.3, 0.4) is 0 Å². The molecular weight excluding hydrogens is 278 g/mol. The van der Waals surface area contributed by atoms with E-state index < -0.39 is 17.5 Å². The number of hydrogen-bond donors (Lipinski definition) is 2. The summed E-state index contributed by atoms with van der Waals surface area (Å²) >= 11 is 0. The van der Waals surface area contributed by atoms with Crippen molar-refractivity contribution in [2.45, 2.75) is 6.92 Å². The molecule has 110 valence electrons. The fraction of sp³-hybridized carbons (Fsp3) is 0.133. The molecule has 0 fully saturated rings. The monoisotopic (exact) mass is 292 g/mol. The molecule has 0 aliphatic carbocycles. The third kappa shape index (κ3) is 3.10. The van der Waals surface area contributed by atoms with Crippen molar-refractivity contribution in [2.75, 3.05) is 18.2 Å². The maximum atomic E-state index is 13.6. The molecule has 3 N–H and O–H groups in total. The van der Waals surface area contributed by atoms with Crippen molar-refractivity contribution in [3.63, 3.8) is 0 Å². The molecule has 0 heterocycles. The second-order valence-corrected chi connectivity index (χ2v) is 4.49. The number of carbonyl (C=O) groups excluding carboxylic acids is 1. The molecular formula is C15H14F2N2O2. The summed E-state index contributed by atoms with van der Waals surface area (Å²) in [5, 5.41) is 2.33. The number of anilines is 2. The number of rotatable bonds is 3. The van der Waals surface area contributed by atoms with Crippen LogP contribution in [0.5, 0.6) is 5.75 Å². The van der Waals surface area contributed by atoms with Gasteiger partial charge in [-0.3, -0.25) is 4.79 Å². The zero-order valence-corrected chi connectivity index (χ0v) is 11.5. The van der Waals surface area contributed by atoms with Crippen LogP contribution in [0.15, 0.2) is 30.3 Å². The Morgan fingerprint density at radius 3 is 2.57 bits per heavy atom. The summed E-state index contributed by atoms with van der Waals surface area (Å²) < 4.78 is 31.7. The highest BCUT2D eigenvalue weighted by atomic mass is 19.1. The van der Waals surface area contributed by atoms with E-state index >= 15 is 0 Å². The lowest BCUT2D eigenvalue weighted by atomic mass is 10.1. The average molecular weight is 292 g/mol. The van der Waals surface area contributed by atoms with E-state index in [1.54, 1.807) is 12.1 Å². The summed E-state index contributed by atoms with van der Waals surface area (Å²) in [6.45, 7) is 1.83. The van der Waals surface area contributed by atoms with Gasteiger partial charge >= 0.3 is 0 Å². The lowest BCUT2D eigenvalue weighted by Gasteiger charge is -2.11. The molecule has 0 bridgehead atoms. The Bertz CT molecular complexity index is 679. The Hall–Kier alpha value is -2.63. The molecule has 0 unspecified atom stereocenters. The number of methoxy groups -OCH3 is 1. The molecule has 21 heavy (non-hydrogen) atoms. The van der Waals surface area contributed by atoms with Gasteiger partial charge in [-0.05, 0) is 30.7 Å². The van der Waals surface area contributed by atoms with Crippen molar-refractivity contribution in [3.8, 4) is 5.75 Å². The maximum Gasteiger partial charge on any atom is 0.255 e. The number of amides is 1. The molecule has 4 nitrogen and oxygen atoms in total. The Balaban J connectivity index is 2.30. The second-order valence-electron chi connectivity index (χ2n) is 4.49. The Morgan fingerprint density at radius 1 is 1.24 bits per heavy atom. The highest BCUT2D eigenvalue weighted by Crippen LogP contribution is 2.25. The second kappa shape index (κ2) is 5.78. The summed E-state index contributed by atoms with van der Waals surface area (Å²) in [7, 11) is 1.49. The molecule has 0 atom stereocenters. The van der Waals surface area contributed by atoms with Crippen LogP contribution in [0.25, 0.3) is 0 Å². The smallest absolute Gasteiger partial charge is 0.255 e. The zero-order chi connectivity index (χ0) is 15.6. The van der Waals surface area contributed by atoms with Gasteiger partial charge in [0.15, 0.2) is 5.82 Å². The minimum atomic E-state index is -0.931. The van der Waals surface area contributed by atoms with Gasteiger partial charge in [0.2, 0.25) is 0 Å². The first-order chi connectivity index (χ1) is 9.92. The van der Waals surface area contributed by atoms with Crippen LogP contribution in [0.1, 0.15) is 15.9 Å². The molecule has 2 aromatic rings. The lowest BCUT2D eigenvalue weighted by Crippen LogP contribution is -2.15. The minimum Gasteiger partial charge on any atom is -0.496 e. The molecule has 0 aliphatic heterocycles. The first kappa shape index (κ1) is 14.8. The van der Waals surface area contributed by atoms with E-state index in [2.05, 4.69) is 5.32 Å². The van der Waals surface area contributed by atoms with E-state index in [4.69, 9.17) is 10.5 Å². The van der Waals surface area contributed by atoms with E-state index in [0.29, 0.717) is 11.8 Å². The Kier molecular flexibility index (Phi) is 4.07. The molecule has 0 spiro atoms. The fourth-order valence-electron chi connectivity index (χ4n) is 1.87. The molecule has 1 amide bonds. The molecule has 2 rings (SSSR count). The van der Waals surface area contributed by atoms with Gasteiger partial charge in [0.25, 0.3) is 5.91 Å². The molecule has 0 radical (unpaired) electrons. The predicted molar refractivity (Wildman–Crippen MR) is 76.5 cm³/mol. The van der Waals surface area contributed by atoms with E-state index in [9.17, 15) is 13.6 Å². The number of aryl methyl sites for hydroxylation is 1. The molecule has 0 saturated carbocycles. The van der Waals surface area contributed by atoms with E-state index in [0.717, 1.165) is 11.6 Å². The van der Waals surface area contributed by atoms with Crippen molar-refractivity contribution in [3.05, 3.63) is 53.1 Å². The number of benzene rings is 2. The first-order valence-electron chi connectivity index (χ1n) is 6.13. The maximum absolute atomic E-state index is 13.6. The highest BCUT2D eigenvalue weighted by Gasteiger charge is 2.14. The van der Waals surface area contributed by atoms with E-state index in [1.807, 2.05) is 6.92 Å². The van der Waals surface area contributed by atoms with Crippen LogP contribution in [0, 0.1) is 18.6 Å².